The number of nitrogens with one attached hydrogen (secondary N) is 2. The van der Waals surface area contributed by atoms with E-state index < -0.39 is 5.97 Å². The van der Waals surface area contributed by atoms with Crippen LogP contribution >= 0.6 is 0 Å². The van der Waals surface area contributed by atoms with Crippen molar-refractivity contribution in [3.05, 3.63) is 108 Å². The average molecular weight is 423 g/mol. The van der Waals surface area contributed by atoms with Crippen LogP contribution < -0.4 is 15.5 Å². The van der Waals surface area contributed by atoms with Crippen LogP contribution in [0.15, 0.2) is 102 Å². The zero-order chi connectivity index (χ0) is 22.2. The smallest absolute Gasteiger partial charge is 0.343 e. The largest absolute Gasteiger partial charge is 0.423 e. The molecule has 0 aromatic heterocycles. The van der Waals surface area contributed by atoms with E-state index in [9.17, 15) is 9.59 Å². The molecule has 32 heavy (non-hydrogen) atoms. The van der Waals surface area contributed by atoms with Gasteiger partial charge in [0.2, 0.25) is 0 Å². The van der Waals surface area contributed by atoms with Crippen LogP contribution in [0.5, 0.6) is 5.75 Å². The van der Waals surface area contributed by atoms with E-state index in [1.54, 1.807) is 48.5 Å². The summed E-state index contributed by atoms with van der Waals surface area (Å²) in [5, 5.41) is 9.31. The number of benzene rings is 4. The maximum atomic E-state index is 12.1. The average Bonchev–Trinajstić information content (AvgIpc) is 2.84. The molecule has 6 nitrogen and oxygen atoms in total. The van der Waals surface area contributed by atoms with Gasteiger partial charge in [-0.2, -0.15) is 5.10 Å². The second kappa shape index (κ2) is 10.0. The number of amides is 1. The van der Waals surface area contributed by atoms with Crippen molar-refractivity contribution in [3.8, 4) is 5.75 Å². The number of nitrogens with zero attached hydrogens (tertiary/aromatic N) is 1. The van der Waals surface area contributed by atoms with Crippen LogP contribution in [0.1, 0.15) is 15.9 Å². The number of fused-ring (bicyclic) bond motifs is 1. The highest BCUT2D eigenvalue weighted by Crippen LogP contribution is 2.18. The number of hydrogen-bond acceptors (Lipinski definition) is 5. The summed E-state index contributed by atoms with van der Waals surface area (Å²) < 4.78 is 5.34. The maximum Gasteiger partial charge on any atom is 0.343 e. The van der Waals surface area contributed by atoms with Gasteiger partial charge in [0.15, 0.2) is 0 Å². The Morgan fingerprint density at radius 1 is 0.812 bits per heavy atom. The van der Waals surface area contributed by atoms with Crippen molar-refractivity contribution >= 4 is 34.6 Å². The van der Waals surface area contributed by atoms with Crippen molar-refractivity contribution < 1.29 is 14.3 Å². The number of carbonyl (C=O) groups excluding carboxylic acids is 2. The van der Waals surface area contributed by atoms with Gasteiger partial charge in [-0.1, -0.05) is 48.5 Å². The monoisotopic (exact) mass is 423 g/mol. The fourth-order valence-electron chi connectivity index (χ4n) is 3.06. The Labute approximate surface area is 185 Å². The summed E-state index contributed by atoms with van der Waals surface area (Å²) in [6.07, 6.45) is 1.52. The quantitative estimate of drug-likeness (QED) is 0.197. The number of esters is 1. The number of anilines is 1. The van der Waals surface area contributed by atoms with E-state index in [2.05, 4.69) is 15.8 Å². The van der Waals surface area contributed by atoms with Crippen molar-refractivity contribution in [2.45, 2.75) is 0 Å². The van der Waals surface area contributed by atoms with Gasteiger partial charge in [0.1, 0.15) is 5.75 Å². The summed E-state index contributed by atoms with van der Waals surface area (Å²) in [7, 11) is 0. The Hall–Kier alpha value is -4.45. The van der Waals surface area contributed by atoms with Gasteiger partial charge in [-0.3, -0.25) is 4.79 Å². The molecular formula is C26H21N3O3. The van der Waals surface area contributed by atoms with Crippen molar-refractivity contribution in [2.24, 2.45) is 5.10 Å². The highest BCUT2D eigenvalue weighted by molar-refractivity contribution is 5.91. The first-order chi connectivity index (χ1) is 15.7. The van der Waals surface area contributed by atoms with E-state index in [1.807, 2.05) is 48.5 Å². The van der Waals surface area contributed by atoms with E-state index in [0.29, 0.717) is 11.3 Å². The molecule has 158 valence electrons. The number of hydrogen-bond donors (Lipinski definition) is 2. The third-order valence-corrected chi connectivity index (χ3v) is 4.71. The van der Waals surface area contributed by atoms with E-state index in [4.69, 9.17) is 4.74 Å². The number of ether oxygens (including phenoxy) is 1. The second-order valence-electron chi connectivity index (χ2n) is 7.03. The summed E-state index contributed by atoms with van der Waals surface area (Å²) in [5.41, 5.74) is 4.60. The Balaban J connectivity index is 1.25. The minimum atomic E-state index is -0.418. The molecule has 0 aliphatic heterocycles. The van der Waals surface area contributed by atoms with Crippen LogP contribution in [0.4, 0.5) is 5.69 Å². The molecule has 0 saturated carbocycles. The molecule has 4 aromatic carbocycles. The van der Waals surface area contributed by atoms with E-state index in [-0.39, 0.29) is 12.5 Å². The standard InChI is InChI=1S/C26H21N3O3/c30-25(18-27-23-13-12-20-6-4-5-9-22(20)16-23)29-28-17-19-10-14-24(15-11-19)32-26(31)21-7-2-1-3-8-21/h1-17,27H,18H2,(H,29,30). The predicted octanol–water partition coefficient (Wildman–Crippen LogP) is 4.62. The minimum Gasteiger partial charge on any atom is -0.423 e. The molecule has 2 N–H and O–H groups in total. The van der Waals surface area contributed by atoms with Crippen LogP contribution in [0, 0.1) is 0 Å². The van der Waals surface area contributed by atoms with E-state index in [1.165, 1.54) is 6.21 Å². The molecule has 4 rings (SSSR count). The Kier molecular flexibility index (Phi) is 6.53. The topological polar surface area (TPSA) is 79.8 Å². The van der Waals surface area contributed by atoms with Crippen LogP contribution in [-0.2, 0) is 4.79 Å². The van der Waals surface area contributed by atoms with Crippen molar-refractivity contribution in [1.82, 2.24) is 5.43 Å². The zero-order valence-corrected chi connectivity index (χ0v) is 17.2. The molecule has 0 radical (unpaired) electrons. The highest BCUT2D eigenvalue weighted by atomic mass is 16.5. The molecule has 0 aliphatic rings. The molecule has 1 amide bonds. The lowest BCUT2D eigenvalue weighted by Gasteiger charge is -2.07. The van der Waals surface area contributed by atoms with Gasteiger partial charge in [0.25, 0.3) is 5.91 Å². The second-order valence-corrected chi connectivity index (χ2v) is 7.03. The van der Waals surface area contributed by atoms with Crippen LogP contribution in [0.25, 0.3) is 10.8 Å². The van der Waals surface area contributed by atoms with Crippen molar-refractivity contribution in [1.29, 1.82) is 0 Å². The molecule has 4 aromatic rings. The molecule has 0 atom stereocenters. The molecule has 6 heteroatoms. The van der Waals surface area contributed by atoms with Gasteiger partial charge >= 0.3 is 5.97 Å². The number of rotatable bonds is 7. The molecular weight excluding hydrogens is 402 g/mol. The van der Waals surface area contributed by atoms with Gasteiger partial charge in [0.05, 0.1) is 18.3 Å². The number of carbonyl (C=O) groups is 2. The zero-order valence-electron chi connectivity index (χ0n) is 17.2. The lowest BCUT2D eigenvalue weighted by Crippen LogP contribution is -2.25. The fourth-order valence-corrected chi connectivity index (χ4v) is 3.06. The first-order valence-corrected chi connectivity index (χ1v) is 10.1. The first kappa shape index (κ1) is 20.8. The van der Waals surface area contributed by atoms with Gasteiger partial charge in [-0.05, 0) is 64.9 Å². The molecule has 0 fully saturated rings. The Morgan fingerprint density at radius 3 is 2.31 bits per heavy atom. The van der Waals surface area contributed by atoms with E-state index in [0.717, 1.165) is 22.0 Å². The van der Waals surface area contributed by atoms with Crippen LogP contribution in [0.2, 0.25) is 0 Å². The van der Waals surface area contributed by atoms with Crippen molar-refractivity contribution in [2.75, 3.05) is 11.9 Å². The third kappa shape index (κ3) is 5.58. The summed E-state index contributed by atoms with van der Waals surface area (Å²) in [6.45, 7) is 0.101. The Bertz CT molecular complexity index is 1250. The molecule has 0 saturated heterocycles. The van der Waals surface area contributed by atoms with Gasteiger partial charge < -0.3 is 10.1 Å². The van der Waals surface area contributed by atoms with E-state index >= 15 is 0 Å². The van der Waals surface area contributed by atoms with Gasteiger partial charge in [0, 0.05) is 5.69 Å². The summed E-state index contributed by atoms with van der Waals surface area (Å²) in [5.74, 6) is -0.249. The predicted molar refractivity (Wildman–Crippen MR) is 126 cm³/mol. The fraction of sp³-hybridized carbons (Fsp3) is 0.0385. The molecule has 0 unspecified atom stereocenters. The summed E-state index contributed by atoms with van der Waals surface area (Å²) >= 11 is 0. The van der Waals surface area contributed by atoms with Crippen LogP contribution in [0.3, 0.4) is 0 Å². The minimum absolute atomic E-state index is 0.101. The van der Waals surface area contributed by atoms with Crippen LogP contribution in [-0.4, -0.2) is 24.6 Å². The lowest BCUT2D eigenvalue weighted by molar-refractivity contribution is -0.119. The third-order valence-electron chi connectivity index (χ3n) is 4.71. The highest BCUT2D eigenvalue weighted by Gasteiger charge is 2.07. The Morgan fingerprint density at radius 2 is 1.53 bits per heavy atom. The normalized spacial score (nSPS) is 10.8. The van der Waals surface area contributed by atoms with Gasteiger partial charge in [-0.25, -0.2) is 10.2 Å². The molecule has 0 bridgehead atoms. The first-order valence-electron chi connectivity index (χ1n) is 10.1. The maximum absolute atomic E-state index is 12.1. The lowest BCUT2D eigenvalue weighted by atomic mass is 10.1. The summed E-state index contributed by atoms with van der Waals surface area (Å²) in [6, 6.07) is 29.6. The van der Waals surface area contributed by atoms with Gasteiger partial charge in [-0.15, -0.1) is 0 Å². The summed E-state index contributed by atoms with van der Waals surface area (Å²) in [4.78, 5) is 24.1. The molecule has 0 spiro atoms. The molecule has 0 heterocycles. The SMILES string of the molecule is O=C(CNc1ccc2ccccc2c1)NN=Cc1ccc(OC(=O)c2ccccc2)cc1. The molecule has 0 aliphatic carbocycles. The number of hydrazone groups is 1. The van der Waals surface area contributed by atoms with Crippen molar-refractivity contribution in [3.63, 3.8) is 0 Å².